The Morgan fingerprint density at radius 1 is 1.28 bits per heavy atom. The second kappa shape index (κ2) is 5.85. The van der Waals surface area contributed by atoms with Gasteiger partial charge in [-0.1, -0.05) is 25.1 Å². The van der Waals surface area contributed by atoms with Gasteiger partial charge in [-0.05, 0) is 55.8 Å². The van der Waals surface area contributed by atoms with E-state index in [1.165, 1.54) is 36.1 Å². The summed E-state index contributed by atoms with van der Waals surface area (Å²) in [4.78, 5) is 2.59. The van der Waals surface area contributed by atoms with Gasteiger partial charge in [-0.3, -0.25) is 4.90 Å². The van der Waals surface area contributed by atoms with Crippen molar-refractivity contribution >= 4 is 0 Å². The van der Waals surface area contributed by atoms with Crippen LogP contribution in [0.4, 0.5) is 0 Å². The second-order valence-corrected chi connectivity index (χ2v) is 5.76. The molecular weight excluding hydrogens is 220 g/mol. The highest BCUT2D eigenvalue weighted by Crippen LogP contribution is 2.26. The molecule has 0 spiro atoms. The molecule has 1 fully saturated rings. The lowest BCUT2D eigenvalue weighted by atomic mass is 9.90. The molecule has 1 heterocycles. The summed E-state index contributed by atoms with van der Waals surface area (Å²) in [5, 5.41) is 0. The van der Waals surface area contributed by atoms with Gasteiger partial charge in [0.2, 0.25) is 0 Å². The van der Waals surface area contributed by atoms with Gasteiger partial charge in [-0.25, -0.2) is 0 Å². The van der Waals surface area contributed by atoms with Crippen LogP contribution in [-0.2, 0) is 6.54 Å². The number of benzene rings is 1. The number of aryl methyl sites for hydroxylation is 2. The van der Waals surface area contributed by atoms with Crippen molar-refractivity contribution in [3.05, 3.63) is 34.9 Å². The molecule has 2 N–H and O–H groups in total. The van der Waals surface area contributed by atoms with Crippen molar-refractivity contribution in [3.63, 3.8) is 0 Å². The summed E-state index contributed by atoms with van der Waals surface area (Å²) in [6, 6.07) is 7.13. The molecule has 1 aliphatic heterocycles. The van der Waals surface area contributed by atoms with E-state index in [0.717, 1.165) is 19.0 Å². The summed E-state index contributed by atoms with van der Waals surface area (Å²) >= 11 is 0. The molecule has 0 saturated carbocycles. The first-order valence-corrected chi connectivity index (χ1v) is 7.12. The number of nitrogens with zero attached hydrogens (tertiary/aromatic N) is 1. The van der Waals surface area contributed by atoms with Crippen molar-refractivity contribution in [1.82, 2.24) is 4.90 Å². The average molecular weight is 246 g/mol. The molecule has 2 nitrogen and oxygen atoms in total. The van der Waals surface area contributed by atoms with Gasteiger partial charge in [0.15, 0.2) is 0 Å². The number of rotatable bonds is 3. The third-order valence-electron chi connectivity index (χ3n) is 4.48. The van der Waals surface area contributed by atoms with E-state index in [-0.39, 0.29) is 0 Å². The van der Waals surface area contributed by atoms with Crippen LogP contribution in [0.5, 0.6) is 0 Å². The molecule has 1 aromatic carbocycles. The van der Waals surface area contributed by atoms with Crippen LogP contribution < -0.4 is 5.73 Å². The Morgan fingerprint density at radius 3 is 2.56 bits per heavy atom. The zero-order valence-corrected chi connectivity index (χ0v) is 11.9. The number of hydrogen-bond acceptors (Lipinski definition) is 2. The maximum absolute atomic E-state index is 5.97. The van der Waals surface area contributed by atoms with Crippen LogP contribution in [0.25, 0.3) is 0 Å². The molecule has 1 saturated heterocycles. The van der Waals surface area contributed by atoms with Gasteiger partial charge in [-0.15, -0.1) is 0 Å². The van der Waals surface area contributed by atoms with Crippen molar-refractivity contribution in [3.8, 4) is 0 Å². The molecule has 100 valence electrons. The topological polar surface area (TPSA) is 29.3 Å². The summed E-state index contributed by atoms with van der Waals surface area (Å²) in [6.07, 6.45) is 2.63. The number of nitrogens with two attached hydrogens (primary N) is 1. The lowest BCUT2D eigenvalue weighted by molar-refractivity contribution is 0.0987. The van der Waals surface area contributed by atoms with Crippen LogP contribution in [0.2, 0.25) is 0 Å². The summed E-state index contributed by atoms with van der Waals surface area (Å²) in [6.45, 7) is 9.81. The quantitative estimate of drug-likeness (QED) is 0.888. The SMILES string of the molecule is Cc1cccc(C)c1CN1CCCC(C)C1CN. The maximum atomic E-state index is 5.97. The van der Waals surface area contributed by atoms with Crippen LogP contribution in [0.15, 0.2) is 18.2 Å². The first-order chi connectivity index (χ1) is 8.63. The minimum atomic E-state index is 0.553. The third kappa shape index (κ3) is 2.76. The Hall–Kier alpha value is -0.860. The fourth-order valence-electron chi connectivity index (χ4n) is 3.21. The summed E-state index contributed by atoms with van der Waals surface area (Å²) in [5.41, 5.74) is 10.3. The van der Waals surface area contributed by atoms with Crippen LogP contribution in [0, 0.1) is 19.8 Å². The van der Waals surface area contributed by atoms with Crippen molar-refractivity contribution in [2.45, 2.75) is 46.2 Å². The van der Waals surface area contributed by atoms with E-state index in [2.05, 4.69) is 43.9 Å². The van der Waals surface area contributed by atoms with Crippen LogP contribution in [0.3, 0.4) is 0 Å². The van der Waals surface area contributed by atoms with Gasteiger partial charge in [0, 0.05) is 19.1 Å². The number of piperidine rings is 1. The summed E-state index contributed by atoms with van der Waals surface area (Å²) in [7, 11) is 0. The standard InChI is InChI=1S/C16H26N2/c1-12-6-4-7-13(2)15(12)11-18-9-5-8-14(3)16(18)10-17/h4,6-7,14,16H,5,8-11,17H2,1-3H3. The molecule has 0 bridgehead atoms. The van der Waals surface area contributed by atoms with E-state index >= 15 is 0 Å². The van der Waals surface area contributed by atoms with E-state index in [9.17, 15) is 0 Å². The number of likely N-dealkylation sites (tertiary alicyclic amines) is 1. The van der Waals surface area contributed by atoms with Crippen LogP contribution in [0.1, 0.15) is 36.5 Å². The van der Waals surface area contributed by atoms with E-state index in [0.29, 0.717) is 6.04 Å². The Labute approximate surface area is 111 Å². The summed E-state index contributed by atoms with van der Waals surface area (Å²) < 4.78 is 0. The van der Waals surface area contributed by atoms with Gasteiger partial charge in [-0.2, -0.15) is 0 Å². The molecule has 0 amide bonds. The number of hydrogen-bond donors (Lipinski definition) is 1. The van der Waals surface area contributed by atoms with E-state index in [1.54, 1.807) is 0 Å². The molecule has 0 aliphatic carbocycles. The minimum Gasteiger partial charge on any atom is -0.329 e. The van der Waals surface area contributed by atoms with Gasteiger partial charge in [0.25, 0.3) is 0 Å². The Bertz CT molecular complexity index is 380. The molecule has 0 radical (unpaired) electrons. The van der Waals surface area contributed by atoms with Crippen molar-refractivity contribution in [2.24, 2.45) is 11.7 Å². The molecule has 0 aromatic heterocycles. The zero-order valence-electron chi connectivity index (χ0n) is 11.9. The zero-order chi connectivity index (χ0) is 13.1. The Balaban J connectivity index is 2.17. The van der Waals surface area contributed by atoms with Crippen LogP contribution in [-0.4, -0.2) is 24.0 Å². The highest BCUT2D eigenvalue weighted by Gasteiger charge is 2.27. The fourth-order valence-corrected chi connectivity index (χ4v) is 3.21. The van der Waals surface area contributed by atoms with Gasteiger partial charge in [0.1, 0.15) is 0 Å². The predicted molar refractivity (Wildman–Crippen MR) is 77.6 cm³/mol. The lowest BCUT2D eigenvalue weighted by Gasteiger charge is -2.40. The first-order valence-electron chi connectivity index (χ1n) is 7.12. The molecule has 2 rings (SSSR count). The Kier molecular flexibility index (Phi) is 4.41. The molecule has 18 heavy (non-hydrogen) atoms. The van der Waals surface area contributed by atoms with E-state index in [4.69, 9.17) is 5.73 Å². The minimum absolute atomic E-state index is 0.553. The van der Waals surface area contributed by atoms with E-state index in [1.807, 2.05) is 0 Å². The lowest BCUT2D eigenvalue weighted by Crippen LogP contribution is -2.48. The molecular formula is C16H26N2. The van der Waals surface area contributed by atoms with Gasteiger partial charge < -0.3 is 5.73 Å². The van der Waals surface area contributed by atoms with Crippen LogP contribution >= 0.6 is 0 Å². The van der Waals surface area contributed by atoms with Crippen molar-refractivity contribution in [2.75, 3.05) is 13.1 Å². The highest BCUT2D eigenvalue weighted by molar-refractivity contribution is 5.33. The second-order valence-electron chi connectivity index (χ2n) is 5.76. The normalized spacial score (nSPS) is 25.3. The predicted octanol–water partition coefficient (Wildman–Crippen LogP) is 2.86. The molecule has 1 aliphatic rings. The van der Waals surface area contributed by atoms with E-state index < -0.39 is 0 Å². The molecule has 2 atom stereocenters. The monoisotopic (exact) mass is 246 g/mol. The molecule has 1 aromatic rings. The average Bonchev–Trinajstić information content (AvgIpc) is 2.34. The Morgan fingerprint density at radius 2 is 1.94 bits per heavy atom. The largest absolute Gasteiger partial charge is 0.329 e. The van der Waals surface area contributed by atoms with Crippen molar-refractivity contribution in [1.29, 1.82) is 0 Å². The van der Waals surface area contributed by atoms with Gasteiger partial charge >= 0.3 is 0 Å². The van der Waals surface area contributed by atoms with Crippen molar-refractivity contribution < 1.29 is 0 Å². The molecule has 2 unspecified atom stereocenters. The maximum Gasteiger partial charge on any atom is 0.0247 e. The van der Waals surface area contributed by atoms with Gasteiger partial charge in [0.05, 0.1) is 0 Å². The molecule has 2 heteroatoms. The summed E-state index contributed by atoms with van der Waals surface area (Å²) in [5.74, 6) is 0.730. The third-order valence-corrected chi connectivity index (χ3v) is 4.48. The fraction of sp³-hybridized carbons (Fsp3) is 0.625. The smallest absolute Gasteiger partial charge is 0.0247 e. The highest BCUT2D eigenvalue weighted by atomic mass is 15.2. The first kappa shape index (κ1) is 13.6.